The molecule has 0 unspecified atom stereocenters. The van der Waals surface area contributed by atoms with Crippen LogP contribution in [-0.4, -0.2) is 44.8 Å². The Morgan fingerprint density at radius 2 is 1.71 bits per heavy atom. The summed E-state index contributed by atoms with van der Waals surface area (Å²) in [4.78, 5) is 27.2. The van der Waals surface area contributed by atoms with Crippen LogP contribution in [-0.2, 0) is 25.0 Å². The third kappa shape index (κ3) is 5.90. The summed E-state index contributed by atoms with van der Waals surface area (Å²) in [6.07, 6.45) is 1.44. The highest BCUT2D eigenvalue weighted by molar-refractivity contribution is 9.10. The number of likely N-dealkylation sites (tertiary alicyclic amines) is 1. The Morgan fingerprint density at radius 1 is 1.03 bits per heavy atom. The molecule has 1 heterocycles. The molecule has 0 bridgehead atoms. The maximum atomic E-state index is 13.5. The first kappa shape index (κ1) is 28.1. The zero-order valence-electron chi connectivity index (χ0n) is 21.2. The van der Waals surface area contributed by atoms with Crippen LogP contribution in [0.3, 0.4) is 0 Å². The Morgan fingerprint density at radius 3 is 2.34 bits per heavy atom. The van der Waals surface area contributed by atoms with Gasteiger partial charge in [-0.05, 0) is 73.2 Å². The Labute approximate surface area is 237 Å². The van der Waals surface area contributed by atoms with E-state index < -0.39 is 21.8 Å². The predicted molar refractivity (Wildman–Crippen MR) is 154 cm³/mol. The molecule has 4 rings (SSSR count). The van der Waals surface area contributed by atoms with Gasteiger partial charge in [0.2, 0.25) is 0 Å². The van der Waals surface area contributed by atoms with Gasteiger partial charge in [0.15, 0.2) is 0 Å². The lowest BCUT2D eigenvalue weighted by Crippen LogP contribution is -2.47. The highest BCUT2D eigenvalue weighted by atomic mass is 79.9. The van der Waals surface area contributed by atoms with Crippen LogP contribution in [0.2, 0.25) is 5.02 Å². The second-order valence-corrected chi connectivity index (χ2v) is 12.6. The topological polar surface area (TPSA) is 86.8 Å². The smallest absolute Gasteiger partial charge is 0.313 e. The van der Waals surface area contributed by atoms with Crippen molar-refractivity contribution in [1.29, 1.82) is 0 Å². The quantitative estimate of drug-likeness (QED) is 0.352. The Kier molecular flexibility index (Phi) is 8.49. The van der Waals surface area contributed by atoms with Gasteiger partial charge in [0.1, 0.15) is 4.90 Å². The zero-order valence-corrected chi connectivity index (χ0v) is 24.3. The first-order valence-corrected chi connectivity index (χ1v) is 14.9. The Hall–Kier alpha value is -2.88. The van der Waals surface area contributed by atoms with Crippen molar-refractivity contribution < 1.29 is 18.0 Å². The fourth-order valence-electron chi connectivity index (χ4n) is 4.67. The number of hydrogen-bond acceptors (Lipinski definition) is 4. The standard InChI is InChI=1S/C28H29BrClN3O4S/c1-3-33(23-10-5-4-6-11-23)38(36,37)25-19-22(12-13-24(25)30)31-26(34)27(35)32-16-14-28(2,15-17-32)20-8-7-9-21(29)18-20/h4-13,18-19H,3,14-17H2,1-2H3,(H,31,34). The van der Waals surface area contributed by atoms with Gasteiger partial charge in [-0.1, -0.05) is 64.8 Å². The molecule has 200 valence electrons. The van der Waals surface area contributed by atoms with E-state index in [0.29, 0.717) is 18.8 Å². The molecule has 7 nitrogen and oxygen atoms in total. The van der Waals surface area contributed by atoms with E-state index in [2.05, 4.69) is 40.3 Å². The van der Waals surface area contributed by atoms with Crippen molar-refractivity contribution in [2.45, 2.75) is 37.0 Å². The molecule has 0 radical (unpaired) electrons. The number of carbonyl (C=O) groups is 2. The van der Waals surface area contributed by atoms with Crippen LogP contribution in [0.1, 0.15) is 32.3 Å². The minimum Gasteiger partial charge on any atom is -0.334 e. The molecule has 2 amide bonds. The number of nitrogens with zero attached hydrogens (tertiary/aromatic N) is 2. The monoisotopic (exact) mass is 617 g/mol. The molecule has 0 atom stereocenters. The van der Waals surface area contributed by atoms with Crippen LogP contribution in [0.15, 0.2) is 82.2 Å². The number of halogens is 2. The minimum atomic E-state index is -4.02. The largest absolute Gasteiger partial charge is 0.334 e. The molecule has 1 saturated heterocycles. The van der Waals surface area contributed by atoms with E-state index in [4.69, 9.17) is 11.6 Å². The molecular weight excluding hydrogens is 590 g/mol. The molecule has 3 aromatic carbocycles. The summed E-state index contributed by atoms with van der Waals surface area (Å²) < 4.78 is 29.1. The molecule has 0 aliphatic carbocycles. The SMILES string of the molecule is CCN(c1ccccc1)S(=O)(=O)c1cc(NC(=O)C(=O)N2CCC(C)(c3cccc(Br)c3)CC2)ccc1Cl. The summed E-state index contributed by atoms with van der Waals surface area (Å²) in [5.74, 6) is -1.47. The van der Waals surface area contributed by atoms with Crippen LogP contribution in [0.25, 0.3) is 0 Å². The van der Waals surface area contributed by atoms with E-state index in [1.54, 1.807) is 37.3 Å². The van der Waals surface area contributed by atoms with Crippen molar-refractivity contribution in [1.82, 2.24) is 4.90 Å². The third-order valence-electron chi connectivity index (χ3n) is 6.96. The van der Waals surface area contributed by atoms with Crippen molar-refractivity contribution in [2.24, 2.45) is 0 Å². The first-order chi connectivity index (χ1) is 18.0. The van der Waals surface area contributed by atoms with Crippen molar-refractivity contribution in [3.05, 3.63) is 87.9 Å². The number of hydrogen-bond donors (Lipinski definition) is 1. The first-order valence-electron chi connectivity index (χ1n) is 12.3. The summed E-state index contributed by atoms with van der Waals surface area (Å²) in [7, 11) is -4.02. The number of benzene rings is 3. The maximum Gasteiger partial charge on any atom is 0.313 e. The molecule has 3 aromatic rings. The second-order valence-electron chi connectivity index (χ2n) is 9.47. The number of rotatable bonds is 6. The van der Waals surface area contributed by atoms with Crippen molar-refractivity contribution in [3.63, 3.8) is 0 Å². The van der Waals surface area contributed by atoms with E-state index in [1.807, 2.05) is 12.1 Å². The lowest BCUT2D eigenvalue weighted by Gasteiger charge is -2.39. The van der Waals surface area contributed by atoms with E-state index in [-0.39, 0.29) is 27.6 Å². The number of carbonyl (C=O) groups excluding carboxylic acids is 2. The molecule has 1 aliphatic rings. The number of amides is 2. The van der Waals surface area contributed by atoms with Crippen molar-refractivity contribution >= 4 is 60.7 Å². The number of para-hydroxylation sites is 1. The Balaban J connectivity index is 1.47. The molecule has 0 spiro atoms. The van der Waals surface area contributed by atoms with Crippen LogP contribution >= 0.6 is 27.5 Å². The van der Waals surface area contributed by atoms with E-state index in [9.17, 15) is 18.0 Å². The molecule has 1 N–H and O–H groups in total. The summed E-state index contributed by atoms with van der Waals surface area (Å²) >= 11 is 9.80. The van der Waals surface area contributed by atoms with Gasteiger partial charge < -0.3 is 10.2 Å². The van der Waals surface area contributed by atoms with E-state index >= 15 is 0 Å². The lowest BCUT2D eigenvalue weighted by molar-refractivity contribution is -0.144. The van der Waals surface area contributed by atoms with Gasteiger partial charge in [0.25, 0.3) is 10.0 Å². The third-order valence-corrected chi connectivity index (χ3v) is 9.84. The fourth-order valence-corrected chi connectivity index (χ4v) is 7.04. The molecular formula is C28H29BrClN3O4S. The van der Waals surface area contributed by atoms with Gasteiger partial charge in [0, 0.05) is 29.8 Å². The summed E-state index contributed by atoms with van der Waals surface area (Å²) in [5.41, 5.74) is 1.76. The van der Waals surface area contributed by atoms with Crippen LogP contribution in [0.4, 0.5) is 11.4 Å². The number of anilines is 2. The van der Waals surface area contributed by atoms with Crippen molar-refractivity contribution in [2.75, 3.05) is 29.3 Å². The molecule has 0 aromatic heterocycles. The van der Waals surface area contributed by atoms with Crippen LogP contribution in [0, 0.1) is 0 Å². The lowest BCUT2D eigenvalue weighted by atomic mass is 9.74. The van der Waals surface area contributed by atoms with Gasteiger partial charge in [-0.3, -0.25) is 13.9 Å². The fraction of sp³-hybridized carbons (Fsp3) is 0.286. The van der Waals surface area contributed by atoms with Gasteiger partial charge in [-0.25, -0.2) is 8.42 Å². The molecule has 0 saturated carbocycles. The predicted octanol–water partition coefficient (Wildman–Crippen LogP) is 5.84. The van der Waals surface area contributed by atoms with Gasteiger partial charge >= 0.3 is 11.8 Å². The maximum absolute atomic E-state index is 13.5. The average Bonchev–Trinajstić information content (AvgIpc) is 2.90. The second kappa shape index (κ2) is 11.5. The molecule has 1 fully saturated rings. The average molecular weight is 619 g/mol. The van der Waals surface area contributed by atoms with Crippen molar-refractivity contribution in [3.8, 4) is 0 Å². The molecule has 38 heavy (non-hydrogen) atoms. The normalized spacial score (nSPS) is 15.1. The van der Waals surface area contributed by atoms with Crippen LogP contribution < -0.4 is 9.62 Å². The molecule has 10 heteroatoms. The van der Waals surface area contributed by atoms with Gasteiger partial charge in [0.05, 0.1) is 10.7 Å². The summed E-state index contributed by atoms with van der Waals surface area (Å²) in [6.45, 7) is 4.96. The summed E-state index contributed by atoms with van der Waals surface area (Å²) in [5, 5.41) is 2.58. The van der Waals surface area contributed by atoms with E-state index in [1.165, 1.54) is 33.0 Å². The highest BCUT2D eigenvalue weighted by Crippen LogP contribution is 2.36. The Bertz CT molecular complexity index is 1440. The number of piperidine rings is 1. The highest BCUT2D eigenvalue weighted by Gasteiger charge is 2.35. The van der Waals surface area contributed by atoms with Gasteiger partial charge in [-0.2, -0.15) is 0 Å². The van der Waals surface area contributed by atoms with Crippen LogP contribution in [0.5, 0.6) is 0 Å². The zero-order chi connectivity index (χ0) is 27.5. The molecule has 1 aliphatic heterocycles. The minimum absolute atomic E-state index is 0.0200. The van der Waals surface area contributed by atoms with E-state index in [0.717, 1.165) is 17.3 Å². The van der Waals surface area contributed by atoms with Gasteiger partial charge in [-0.15, -0.1) is 0 Å². The number of nitrogens with one attached hydrogen (secondary N) is 1. The number of sulfonamides is 1. The summed E-state index contributed by atoms with van der Waals surface area (Å²) in [6, 6.07) is 21.0.